The number of aromatic nitrogens is 3. The van der Waals surface area contributed by atoms with Gasteiger partial charge in [-0.05, 0) is 73.8 Å². The normalized spacial score (nSPS) is 10.9. The number of fused-ring (bicyclic) bond motifs is 1. The fourth-order valence-corrected chi connectivity index (χ4v) is 3.48. The number of hydrogen-bond acceptors (Lipinski definition) is 6. The predicted octanol–water partition coefficient (Wildman–Crippen LogP) is 5.42. The summed E-state index contributed by atoms with van der Waals surface area (Å²) in [6.45, 7) is 0.633. The van der Waals surface area contributed by atoms with E-state index in [0.29, 0.717) is 29.5 Å². The summed E-state index contributed by atoms with van der Waals surface area (Å²) in [5.41, 5.74) is 8.91. The van der Waals surface area contributed by atoms with E-state index < -0.39 is 0 Å². The molecule has 29 heavy (non-hydrogen) atoms. The SMILES string of the molecule is COc1ccc(CNc2cc3c(N)nc(-c4ccc(Br)c(Br)c4)nc3cn2)cc1. The second-order valence-corrected chi connectivity index (χ2v) is 8.06. The average Bonchev–Trinajstić information content (AvgIpc) is 2.74. The summed E-state index contributed by atoms with van der Waals surface area (Å²) in [4.78, 5) is 13.6. The van der Waals surface area contributed by atoms with Gasteiger partial charge in [0.1, 0.15) is 17.4 Å². The molecule has 4 aromatic rings. The quantitative estimate of drug-likeness (QED) is 0.370. The molecule has 2 aromatic carbocycles. The standard InChI is InChI=1S/C21H17Br2N5O/c1-29-14-5-2-12(3-6-14)10-25-19-9-15-18(11-26-19)27-21(28-20(15)24)13-4-7-16(22)17(23)8-13/h2-9,11H,10H2,1H3,(H,25,26)(H2,24,27,28). The van der Waals surface area contributed by atoms with Gasteiger partial charge in [-0.25, -0.2) is 15.0 Å². The fourth-order valence-electron chi connectivity index (χ4n) is 2.85. The van der Waals surface area contributed by atoms with Gasteiger partial charge in [-0.2, -0.15) is 0 Å². The monoisotopic (exact) mass is 513 g/mol. The summed E-state index contributed by atoms with van der Waals surface area (Å²) in [6.07, 6.45) is 1.71. The number of pyridine rings is 1. The highest BCUT2D eigenvalue weighted by Gasteiger charge is 2.10. The molecular formula is C21H17Br2N5O. The molecule has 0 radical (unpaired) electrons. The van der Waals surface area contributed by atoms with Crippen LogP contribution in [-0.4, -0.2) is 22.1 Å². The molecular weight excluding hydrogens is 498 g/mol. The second-order valence-electron chi connectivity index (χ2n) is 6.35. The van der Waals surface area contributed by atoms with Crippen LogP contribution < -0.4 is 15.8 Å². The first kappa shape index (κ1) is 19.6. The minimum absolute atomic E-state index is 0.416. The zero-order valence-corrected chi connectivity index (χ0v) is 18.7. The third-order valence-electron chi connectivity index (χ3n) is 4.42. The number of nitrogens with zero attached hydrogens (tertiary/aromatic N) is 3. The first-order valence-corrected chi connectivity index (χ1v) is 10.4. The third kappa shape index (κ3) is 4.33. The third-order valence-corrected chi connectivity index (χ3v) is 6.30. The van der Waals surface area contributed by atoms with Crippen molar-refractivity contribution in [1.82, 2.24) is 15.0 Å². The van der Waals surface area contributed by atoms with Gasteiger partial charge in [-0.3, -0.25) is 0 Å². The molecule has 0 fully saturated rings. The Kier molecular flexibility index (Phi) is 5.64. The first-order valence-electron chi connectivity index (χ1n) is 8.79. The number of rotatable bonds is 5. The summed E-state index contributed by atoms with van der Waals surface area (Å²) in [7, 11) is 1.65. The molecule has 0 saturated carbocycles. The predicted molar refractivity (Wildman–Crippen MR) is 123 cm³/mol. The van der Waals surface area contributed by atoms with E-state index in [1.165, 1.54) is 0 Å². The molecule has 2 aromatic heterocycles. The van der Waals surface area contributed by atoms with Crippen LogP contribution in [0.2, 0.25) is 0 Å². The number of anilines is 2. The summed E-state index contributed by atoms with van der Waals surface area (Å²) in [5, 5.41) is 4.06. The highest BCUT2D eigenvalue weighted by atomic mass is 79.9. The Labute approximate surface area is 184 Å². The van der Waals surface area contributed by atoms with Crippen LogP contribution in [0.25, 0.3) is 22.3 Å². The Morgan fingerprint density at radius 3 is 2.52 bits per heavy atom. The van der Waals surface area contributed by atoms with E-state index in [4.69, 9.17) is 10.5 Å². The maximum atomic E-state index is 6.23. The van der Waals surface area contributed by atoms with Crippen molar-refractivity contribution in [2.24, 2.45) is 0 Å². The molecule has 0 aliphatic rings. The van der Waals surface area contributed by atoms with Crippen molar-refractivity contribution in [1.29, 1.82) is 0 Å². The van der Waals surface area contributed by atoms with E-state index in [0.717, 1.165) is 31.2 Å². The van der Waals surface area contributed by atoms with Crippen molar-refractivity contribution in [3.05, 3.63) is 69.2 Å². The van der Waals surface area contributed by atoms with Gasteiger partial charge < -0.3 is 15.8 Å². The van der Waals surface area contributed by atoms with E-state index >= 15 is 0 Å². The van der Waals surface area contributed by atoms with E-state index in [1.807, 2.05) is 48.5 Å². The molecule has 0 aliphatic carbocycles. The maximum Gasteiger partial charge on any atom is 0.162 e. The van der Waals surface area contributed by atoms with Crippen molar-refractivity contribution in [3.63, 3.8) is 0 Å². The van der Waals surface area contributed by atoms with Crippen LogP contribution in [0.15, 0.2) is 63.7 Å². The smallest absolute Gasteiger partial charge is 0.162 e. The van der Waals surface area contributed by atoms with Crippen LogP contribution >= 0.6 is 31.9 Å². The van der Waals surface area contributed by atoms with Crippen molar-refractivity contribution in [2.75, 3.05) is 18.2 Å². The Balaban J connectivity index is 1.59. The molecule has 0 atom stereocenters. The Hall–Kier alpha value is -2.71. The van der Waals surface area contributed by atoms with Crippen molar-refractivity contribution >= 4 is 54.4 Å². The number of nitrogen functional groups attached to an aromatic ring is 1. The molecule has 0 amide bonds. The zero-order chi connectivity index (χ0) is 20.4. The van der Waals surface area contributed by atoms with Crippen LogP contribution in [0.4, 0.5) is 11.6 Å². The molecule has 0 aliphatic heterocycles. The average molecular weight is 515 g/mol. The molecule has 3 N–H and O–H groups in total. The number of ether oxygens (including phenoxy) is 1. The van der Waals surface area contributed by atoms with Gasteiger partial charge in [0.05, 0.1) is 18.8 Å². The lowest BCUT2D eigenvalue weighted by Crippen LogP contribution is -2.03. The largest absolute Gasteiger partial charge is 0.497 e. The van der Waals surface area contributed by atoms with E-state index in [9.17, 15) is 0 Å². The number of nitrogens with two attached hydrogens (primary N) is 1. The summed E-state index contributed by atoms with van der Waals surface area (Å²) in [5.74, 6) is 2.52. The molecule has 2 heterocycles. The van der Waals surface area contributed by atoms with E-state index in [-0.39, 0.29) is 0 Å². The molecule has 0 unspecified atom stereocenters. The Bertz CT molecular complexity index is 1180. The highest BCUT2D eigenvalue weighted by Crippen LogP contribution is 2.30. The van der Waals surface area contributed by atoms with E-state index in [2.05, 4.69) is 52.1 Å². The number of benzene rings is 2. The van der Waals surface area contributed by atoms with Crippen molar-refractivity contribution in [2.45, 2.75) is 6.54 Å². The first-order chi connectivity index (χ1) is 14.0. The lowest BCUT2D eigenvalue weighted by atomic mass is 10.2. The number of halogens is 2. The number of hydrogen-bond donors (Lipinski definition) is 2. The lowest BCUT2D eigenvalue weighted by Gasteiger charge is -2.10. The van der Waals surface area contributed by atoms with Gasteiger partial charge in [0.25, 0.3) is 0 Å². The number of nitrogens with one attached hydrogen (secondary N) is 1. The van der Waals surface area contributed by atoms with Gasteiger partial charge in [0, 0.05) is 26.4 Å². The van der Waals surface area contributed by atoms with Gasteiger partial charge in [-0.1, -0.05) is 12.1 Å². The topological polar surface area (TPSA) is 86.0 Å². The Morgan fingerprint density at radius 1 is 1.00 bits per heavy atom. The zero-order valence-electron chi connectivity index (χ0n) is 15.5. The second kappa shape index (κ2) is 8.34. The molecule has 6 nitrogen and oxygen atoms in total. The van der Waals surface area contributed by atoms with Crippen LogP contribution in [0.5, 0.6) is 5.75 Å². The lowest BCUT2D eigenvalue weighted by molar-refractivity contribution is 0.414. The minimum Gasteiger partial charge on any atom is -0.497 e. The Morgan fingerprint density at radius 2 is 1.79 bits per heavy atom. The summed E-state index contributed by atoms with van der Waals surface area (Å²) in [6, 6.07) is 15.6. The van der Waals surface area contributed by atoms with Gasteiger partial charge >= 0.3 is 0 Å². The fraction of sp³-hybridized carbons (Fsp3) is 0.0952. The van der Waals surface area contributed by atoms with Crippen molar-refractivity contribution in [3.8, 4) is 17.1 Å². The van der Waals surface area contributed by atoms with Gasteiger partial charge in [0.15, 0.2) is 5.82 Å². The van der Waals surface area contributed by atoms with Crippen LogP contribution in [0.1, 0.15) is 5.56 Å². The molecule has 0 bridgehead atoms. The van der Waals surface area contributed by atoms with Crippen molar-refractivity contribution < 1.29 is 4.74 Å². The van der Waals surface area contributed by atoms with Crippen LogP contribution in [-0.2, 0) is 6.54 Å². The summed E-state index contributed by atoms with van der Waals surface area (Å²) < 4.78 is 7.07. The molecule has 8 heteroatoms. The van der Waals surface area contributed by atoms with Crippen LogP contribution in [0.3, 0.4) is 0 Å². The molecule has 4 rings (SSSR count). The summed E-state index contributed by atoms with van der Waals surface area (Å²) >= 11 is 6.97. The minimum atomic E-state index is 0.416. The van der Waals surface area contributed by atoms with Gasteiger partial charge in [0.2, 0.25) is 0 Å². The highest BCUT2D eigenvalue weighted by molar-refractivity contribution is 9.13. The maximum absolute atomic E-state index is 6.23. The number of methoxy groups -OCH3 is 1. The van der Waals surface area contributed by atoms with Crippen LogP contribution in [0, 0.1) is 0 Å². The molecule has 0 spiro atoms. The van der Waals surface area contributed by atoms with E-state index in [1.54, 1.807) is 13.3 Å². The van der Waals surface area contributed by atoms with Gasteiger partial charge in [-0.15, -0.1) is 0 Å². The molecule has 0 saturated heterocycles. The molecule has 146 valence electrons.